The normalized spacial score (nSPS) is 12.0. The number of ether oxygens (including phenoxy) is 2. The van der Waals surface area contributed by atoms with Gasteiger partial charge in [-0.25, -0.2) is 0 Å². The van der Waals surface area contributed by atoms with Crippen molar-refractivity contribution in [1.29, 1.82) is 0 Å². The van der Waals surface area contributed by atoms with E-state index in [0.29, 0.717) is 34.2 Å². The molecule has 0 atom stereocenters. The summed E-state index contributed by atoms with van der Waals surface area (Å²) < 4.78 is 34.0. The van der Waals surface area contributed by atoms with Crippen molar-refractivity contribution in [1.82, 2.24) is 15.0 Å². The van der Waals surface area contributed by atoms with E-state index in [0.717, 1.165) is 0 Å². The zero-order chi connectivity index (χ0) is 35.2. The zero-order valence-corrected chi connectivity index (χ0v) is 27.3. The number of hydrogen-bond donors (Lipinski definition) is 7. The molecule has 1 aromatic heterocycles. The van der Waals surface area contributed by atoms with Gasteiger partial charge in [0.25, 0.3) is 0 Å². The van der Waals surface area contributed by atoms with Gasteiger partial charge in [-0.05, 0) is 60.7 Å². The number of rotatable bonds is 12. The Hall–Kier alpha value is -5.61. The molecule has 4 aromatic carbocycles. The highest BCUT2D eigenvalue weighted by Gasteiger charge is 2.18. The van der Waals surface area contributed by atoms with Crippen molar-refractivity contribution in [2.75, 3.05) is 24.9 Å². The Balaban J connectivity index is 1.31. The lowest BCUT2D eigenvalue weighted by Gasteiger charge is -2.13. The molecule has 0 amide bonds. The molecule has 0 aliphatic rings. The van der Waals surface area contributed by atoms with Gasteiger partial charge in [-0.1, -0.05) is 12.1 Å². The molecule has 0 radical (unpaired) electrons. The average molecular weight is 708 g/mol. The molecule has 0 saturated carbocycles. The van der Waals surface area contributed by atoms with Crippen LogP contribution in [0.1, 0.15) is 0 Å². The first-order valence-corrected chi connectivity index (χ1v) is 17.0. The van der Waals surface area contributed by atoms with Gasteiger partial charge in [-0.2, -0.15) is 35.4 Å². The Morgan fingerprint density at radius 1 is 0.571 bits per heavy atom. The van der Waals surface area contributed by atoms with Gasteiger partial charge >= 0.3 is 21.2 Å². The highest BCUT2D eigenvalue weighted by atomic mass is 31.2. The van der Waals surface area contributed by atoms with E-state index in [1.807, 2.05) is 0 Å². The van der Waals surface area contributed by atoms with E-state index in [4.69, 9.17) is 9.47 Å². The van der Waals surface area contributed by atoms with E-state index < -0.39 is 21.2 Å². The largest absolute Gasteiger partial charge is 0.494 e. The predicted molar refractivity (Wildman–Crippen MR) is 179 cm³/mol. The minimum Gasteiger partial charge on any atom is -0.494 e. The van der Waals surface area contributed by atoms with Crippen molar-refractivity contribution in [2.24, 2.45) is 20.5 Å². The second-order valence-electron chi connectivity index (χ2n) is 9.83. The third-order valence-corrected chi connectivity index (χ3v) is 8.28. The zero-order valence-electron chi connectivity index (χ0n) is 25.5. The third-order valence-electron chi connectivity index (χ3n) is 6.38. The maximum Gasteiger partial charge on any atom is 0.356 e. The van der Waals surface area contributed by atoms with E-state index in [1.165, 1.54) is 50.6 Å². The lowest BCUT2D eigenvalue weighted by Crippen LogP contribution is -2.05. The molecule has 18 nitrogen and oxygen atoms in total. The SMILES string of the molecule is COc1cc(/N=N/c2cccc(P(=O)(O)O)c2)ccc1Nc1nc(O)nc(Nc2ccc(/N=N/c3cccc(P(=O)(O)O)c3)cc2OC)n1. The number of anilines is 4. The predicted octanol–water partition coefficient (Wildman–Crippen LogP) is 5.52. The molecule has 5 aromatic rings. The molecular weight excluding hydrogens is 680 g/mol. The van der Waals surface area contributed by atoms with Crippen LogP contribution in [-0.2, 0) is 9.13 Å². The third kappa shape index (κ3) is 9.27. The Labute approximate surface area is 277 Å². The monoisotopic (exact) mass is 707 g/mol. The molecule has 0 unspecified atom stereocenters. The highest BCUT2D eigenvalue weighted by molar-refractivity contribution is 7.60. The molecule has 0 spiro atoms. The van der Waals surface area contributed by atoms with Crippen molar-refractivity contribution < 1.29 is 43.3 Å². The van der Waals surface area contributed by atoms with E-state index in [2.05, 4.69) is 46.0 Å². The number of hydrogen-bond acceptors (Lipinski definition) is 14. The molecule has 7 N–H and O–H groups in total. The molecule has 5 rings (SSSR count). The second kappa shape index (κ2) is 14.7. The van der Waals surface area contributed by atoms with E-state index >= 15 is 0 Å². The average Bonchev–Trinajstić information content (AvgIpc) is 3.06. The lowest BCUT2D eigenvalue weighted by molar-refractivity contribution is 0.385. The van der Waals surface area contributed by atoms with Crippen molar-refractivity contribution in [3.63, 3.8) is 0 Å². The molecule has 1 heterocycles. The Morgan fingerprint density at radius 3 is 1.33 bits per heavy atom. The van der Waals surface area contributed by atoms with Crippen molar-refractivity contribution in [3.05, 3.63) is 84.9 Å². The van der Waals surface area contributed by atoms with Crippen LogP contribution in [0.25, 0.3) is 0 Å². The fraction of sp³-hybridized carbons (Fsp3) is 0.0690. The maximum atomic E-state index is 11.5. The Kier molecular flexibility index (Phi) is 10.4. The summed E-state index contributed by atoms with van der Waals surface area (Å²) in [7, 11) is -6.03. The second-order valence-corrected chi connectivity index (χ2v) is 13.0. The van der Waals surface area contributed by atoms with E-state index in [9.17, 15) is 33.8 Å². The van der Waals surface area contributed by atoms with Crippen LogP contribution in [0.4, 0.5) is 46.0 Å². The summed E-state index contributed by atoms with van der Waals surface area (Å²) in [5.41, 5.74) is 2.03. The molecule has 20 heteroatoms. The van der Waals surface area contributed by atoms with Crippen LogP contribution in [0.5, 0.6) is 17.5 Å². The quantitative estimate of drug-likeness (QED) is 0.0622. The van der Waals surface area contributed by atoms with Crippen molar-refractivity contribution >= 4 is 71.8 Å². The number of benzene rings is 4. The van der Waals surface area contributed by atoms with Gasteiger partial charge in [0.05, 0.1) is 59.0 Å². The molecule has 49 heavy (non-hydrogen) atoms. The van der Waals surface area contributed by atoms with Gasteiger partial charge in [0.2, 0.25) is 11.9 Å². The van der Waals surface area contributed by atoms with Gasteiger partial charge in [-0.3, -0.25) is 9.13 Å². The highest BCUT2D eigenvalue weighted by Crippen LogP contribution is 2.37. The van der Waals surface area contributed by atoms with Gasteiger partial charge in [0.15, 0.2) is 0 Å². The summed E-state index contributed by atoms with van der Waals surface area (Å²) in [4.78, 5) is 49.7. The summed E-state index contributed by atoms with van der Waals surface area (Å²) in [5.74, 6) is 0.544. The summed E-state index contributed by atoms with van der Waals surface area (Å²) >= 11 is 0. The summed E-state index contributed by atoms with van der Waals surface area (Å²) in [5, 5.41) is 32.1. The lowest BCUT2D eigenvalue weighted by atomic mass is 10.2. The molecule has 0 bridgehead atoms. The van der Waals surface area contributed by atoms with Crippen molar-refractivity contribution in [3.8, 4) is 17.5 Å². The van der Waals surface area contributed by atoms with Crippen LogP contribution in [0.15, 0.2) is 105 Å². The van der Waals surface area contributed by atoms with Gasteiger partial charge in [-0.15, -0.1) is 0 Å². The van der Waals surface area contributed by atoms with Gasteiger partial charge in [0, 0.05) is 12.1 Å². The Bertz CT molecular complexity index is 2010. The first-order chi connectivity index (χ1) is 23.3. The number of azo groups is 2. The number of methoxy groups -OCH3 is 2. The van der Waals surface area contributed by atoms with Crippen LogP contribution in [0.3, 0.4) is 0 Å². The van der Waals surface area contributed by atoms with Crippen LogP contribution < -0.4 is 30.7 Å². The summed E-state index contributed by atoms with van der Waals surface area (Å²) in [6.07, 6.45) is 0. The first kappa shape index (κ1) is 34.7. The number of nitrogens with zero attached hydrogens (tertiary/aromatic N) is 7. The number of nitrogens with one attached hydrogen (secondary N) is 2. The minimum absolute atomic E-state index is 0.0427. The molecular formula is C29H27N9O9P2. The van der Waals surface area contributed by atoms with Crippen molar-refractivity contribution in [2.45, 2.75) is 0 Å². The topological polar surface area (TPSA) is 266 Å². The first-order valence-electron chi connectivity index (χ1n) is 13.8. The molecule has 0 aliphatic carbocycles. The van der Waals surface area contributed by atoms with Crippen LogP contribution in [0.2, 0.25) is 0 Å². The Morgan fingerprint density at radius 2 is 0.959 bits per heavy atom. The maximum absolute atomic E-state index is 11.5. The number of aromatic hydroxyl groups is 1. The van der Waals surface area contributed by atoms with E-state index in [1.54, 1.807) is 48.5 Å². The fourth-order valence-corrected chi connectivity index (χ4v) is 5.27. The molecule has 0 saturated heterocycles. The van der Waals surface area contributed by atoms with Gasteiger partial charge in [0.1, 0.15) is 11.5 Å². The standard InChI is InChI=1S/C29H27N9O9P2/c1-46-25-15-19(37-35-17-5-3-7-21(13-17)48(40,41)42)9-11-23(25)30-27-32-28(34-29(39)33-27)31-24-12-10-20(16-26(24)47-2)38-36-18-6-4-8-22(14-18)49(43,44)45/h3-16H,1-2H3,(H2,40,41,42)(H2,43,44,45)(H3,30,31,32,33,34,39)/b37-35+,38-36+. The molecule has 252 valence electrons. The summed E-state index contributed by atoms with van der Waals surface area (Å²) in [6, 6.07) is 20.0. The molecule has 0 fully saturated rings. The molecule has 0 aliphatic heterocycles. The van der Waals surface area contributed by atoms with Crippen LogP contribution in [0, 0.1) is 0 Å². The van der Waals surface area contributed by atoms with E-state index in [-0.39, 0.29) is 33.9 Å². The summed E-state index contributed by atoms with van der Waals surface area (Å²) in [6.45, 7) is 0. The minimum atomic E-state index is -4.45. The smallest absolute Gasteiger partial charge is 0.356 e. The fourth-order valence-electron chi connectivity index (χ4n) is 4.11. The number of aromatic nitrogens is 3. The van der Waals surface area contributed by atoms with Crippen LogP contribution in [-0.4, -0.2) is 53.9 Å². The van der Waals surface area contributed by atoms with Gasteiger partial charge < -0.3 is 44.8 Å². The van der Waals surface area contributed by atoms with Crippen LogP contribution >= 0.6 is 15.2 Å².